The van der Waals surface area contributed by atoms with Crippen molar-refractivity contribution in [2.75, 3.05) is 11.9 Å². The van der Waals surface area contributed by atoms with Crippen molar-refractivity contribution in [1.29, 1.82) is 0 Å². The van der Waals surface area contributed by atoms with Crippen LogP contribution in [0.4, 0.5) is 5.82 Å². The third kappa shape index (κ3) is 2.58. The molecule has 2 aromatic heterocycles. The molecule has 0 aromatic carbocycles. The summed E-state index contributed by atoms with van der Waals surface area (Å²) in [6.45, 7) is 1.17. The number of carboxylic acids is 1. The number of carboxylic acid groups (broad SMARTS) is 1. The molecule has 0 saturated carbocycles. The summed E-state index contributed by atoms with van der Waals surface area (Å²) in [6, 6.07) is 0. The first-order valence-electron chi connectivity index (χ1n) is 6.94. The smallest absolute Gasteiger partial charge is 0.337 e. The van der Waals surface area contributed by atoms with E-state index in [0.29, 0.717) is 5.82 Å². The highest BCUT2D eigenvalue weighted by Gasteiger charge is 2.30. The number of aliphatic hydroxyl groups is 1. The second-order valence-corrected chi connectivity index (χ2v) is 6.63. The molecule has 0 aliphatic heterocycles. The predicted octanol–water partition coefficient (Wildman–Crippen LogP) is 1.82. The molecular formula is C14H17N3O3S. The molecule has 0 spiro atoms. The van der Waals surface area contributed by atoms with Crippen LogP contribution in [-0.4, -0.2) is 38.3 Å². The average Bonchev–Trinajstić information content (AvgIpc) is 2.84. The van der Waals surface area contributed by atoms with E-state index < -0.39 is 11.6 Å². The van der Waals surface area contributed by atoms with Crippen molar-refractivity contribution in [3.8, 4) is 0 Å². The summed E-state index contributed by atoms with van der Waals surface area (Å²) in [5, 5.41) is 22.7. The van der Waals surface area contributed by atoms with Crippen molar-refractivity contribution in [2.45, 2.75) is 38.2 Å². The molecule has 112 valence electrons. The van der Waals surface area contributed by atoms with Gasteiger partial charge in [0.1, 0.15) is 17.0 Å². The van der Waals surface area contributed by atoms with E-state index in [-0.39, 0.29) is 6.54 Å². The third-order valence-electron chi connectivity index (χ3n) is 3.81. The van der Waals surface area contributed by atoms with Gasteiger partial charge in [-0.1, -0.05) is 0 Å². The molecule has 1 unspecified atom stereocenters. The molecule has 3 N–H and O–H groups in total. The Labute approximate surface area is 125 Å². The Morgan fingerprint density at radius 3 is 2.95 bits per heavy atom. The summed E-state index contributed by atoms with van der Waals surface area (Å²) in [4.78, 5) is 21.8. The van der Waals surface area contributed by atoms with E-state index >= 15 is 0 Å². The second-order valence-electron chi connectivity index (χ2n) is 5.55. The van der Waals surface area contributed by atoms with Gasteiger partial charge in [-0.3, -0.25) is 0 Å². The van der Waals surface area contributed by atoms with Crippen LogP contribution >= 0.6 is 11.3 Å². The van der Waals surface area contributed by atoms with E-state index in [0.717, 1.165) is 29.5 Å². The highest BCUT2D eigenvalue weighted by Crippen LogP contribution is 2.38. The number of anilines is 1. The Morgan fingerprint density at radius 2 is 2.19 bits per heavy atom. The number of nitrogens with one attached hydrogen (secondary N) is 1. The maximum Gasteiger partial charge on any atom is 0.337 e. The number of hydrogen-bond donors (Lipinski definition) is 3. The van der Waals surface area contributed by atoms with Crippen molar-refractivity contribution < 1.29 is 15.0 Å². The standard InChI is InChI=1S/C14H17N3O3S/c1-14(20,13(18)19)6-15-11-10-8-4-2-3-5-9(8)21-12(10)17-7-16-11/h7,20H,2-6H2,1H3,(H,18,19)(H,15,16,17). The summed E-state index contributed by atoms with van der Waals surface area (Å²) in [6.07, 6.45) is 5.90. The highest BCUT2D eigenvalue weighted by atomic mass is 32.1. The minimum absolute atomic E-state index is 0.0981. The van der Waals surface area contributed by atoms with Crippen LogP contribution < -0.4 is 5.32 Å². The van der Waals surface area contributed by atoms with E-state index in [4.69, 9.17) is 5.11 Å². The maximum atomic E-state index is 11.0. The molecule has 0 amide bonds. The van der Waals surface area contributed by atoms with E-state index in [1.54, 1.807) is 11.3 Å². The molecule has 0 bridgehead atoms. The Morgan fingerprint density at radius 1 is 1.43 bits per heavy atom. The average molecular weight is 307 g/mol. The van der Waals surface area contributed by atoms with Gasteiger partial charge >= 0.3 is 5.97 Å². The van der Waals surface area contributed by atoms with Gasteiger partial charge in [0, 0.05) is 4.88 Å². The zero-order valence-electron chi connectivity index (χ0n) is 11.7. The molecule has 21 heavy (non-hydrogen) atoms. The zero-order valence-corrected chi connectivity index (χ0v) is 12.5. The number of fused-ring (bicyclic) bond motifs is 3. The summed E-state index contributed by atoms with van der Waals surface area (Å²) >= 11 is 1.68. The van der Waals surface area contributed by atoms with Crippen LogP contribution in [0.3, 0.4) is 0 Å². The number of hydrogen-bond acceptors (Lipinski definition) is 6. The van der Waals surface area contributed by atoms with Crippen LogP contribution in [-0.2, 0) is 17.6 Å². The molecule has 0 radical (unpaired) electrons. The fraction of sp³-hybridized carbons (Fsp3) is 0.500. The van der Waals surface area contributed by atoms with Gasteiger partial charge in [0.15, 0.2) is 5.60 Å². The fourth-order valence-corrected chi connectivity index (χ4v) is 3.78. The largest absolute Gasteiger partial charge is 0.479 e. The minimum Gasteiger partial charge on any atom is -0.479 e. The van der Waals surface area contributed by atoms with Gasteiger partial charge in [-0.25, -0.2) is 14.8 Å². The Kier molecular flexibility index (Phi) is 3.54. The van der Waals surface area contributed by atoms with Crippen LogP contribution in [0, 0.1) is 0 Å². The van der Waals surface area contributed by atoms with Gasteiger partial charge in [-0.15, -0.1) is 11.3 Å². The van der Waals surface area contributed by atoms with Crippen molar-refractivity contribution in [3.05, 3.63) is 16.8 Å². The molecule has 0 fully saturated rings. The molecule has 7 heteroatoms. The van der Waals surface area contributed by atoms with E-state index in [9.17, 15) is 9.90 Å². The number of nitrogens with zero attached hydrogens (tertiary/aromatic N) is 2. The summed E-state index contributed by atoms with van der Waals surface area (Å²) in [5.74, 6) is -0.645. The maximum absolute atomic E-state index is 11.0. The van der Waals surface area contributed by atoms with Gasteiger partial charge in [-0.05, 0) is 38.2 Å². The van der Waals surface area contributed by atoms with Gasteiger partial charge in [-0.2, -0.15) is 0 Å². The topological polar surface area (TPSA) is 95.3 Å². The molecule has 3 rings (SSSR count). The van der Waals surface area contributed by atoms with Crippen molar-refractivity contribution in [3.63, 3.8) is 0 Å². The molecule has 6 nitrogen and oxygen atoms in total. The number of rotatable bonds is 4. The first-order valence-corrected chi connectivity index (χ1v) is 7.75. The fourth-order valence-electron chi connectivity index (χ4n) is 2.56. The number of aryl methyl sites for hydroxylation is 2. The predicted molar refractivity (Wildman–Crippen MR) is 80.8 cm³/mol. The van der Waals surface area contributed by atoms with Gasteiger partial charge in [0.25, 0.3) is 0 Å². The third-order valence-corrected chi connectivity index (χ3v) is 5.01. The number of aromatic nitrogens is 2. The Balaban J connectivity index is 1.95. The normalized spacial score (nSPS) is 17.2. The SMILES string of the molecule is CC(O)(CNc1ncnc2sc3c(c12)CCCC3)C(=O)O. The lowest BCUT2D eigenvalue weighted by Gasteiger charge is -2.19. The molecule has 1 aliphatic carbocycles. The monoisotopic (exact) mass is 307 g/mol. The molecule has 0 saturated heterocycles. The number of carbonyl (C=O) groups is 1. The van der Waals surface area contributed by atoms with Crippen molar-refractivity contribution >= 4 is 33.3 Å². The van der Waals surface area contributed by atoms with Crippen molar-refractivity contribution in [1.82, 2.24) is 9.97 Å². The molecular weight excluding hydrogens is 290 g/mol. The van der Waals surface area contributed by atoms with Crippen LogP contribution in [0.5, 0.6) is 0 Å². The van der Waals surface area contributed by atoms with Crippen molar-refractivity contribution in [2.24, 2.45) is 0 Å². The Hall–Kier alpha value is -1.73. The van der Waals surface area contributed by atoms with Crippen LogP contribution in [0.1, 0.15) is 30.2 Å². The van der Waals surface area contributed by atoms with Gasteiger partial charge < -0.3 is 15.5 Å². The number of thiophene rings is 1. The summed E-state index contributed by atoms with van der Waals surface area (Å²) in [5.41, 5.74) is -0.549. The summed E-state index contributed by atoms with van der Waals surface area (Å²) in [7, 11) is 0. The molecule has 1 atom stereocenters. The van der Waals surface area contributed by atoms with Crippen LogP contribution in [0.15, 0.2) is 6.33 Å². The zero-order chi connectivity index (χ0) is 15.0. The van der Waals surface area contributed by atoms with E-state index in [2.05, 4.69) is 15.3 Å². The lowest BCUT2D eigenvalue weighted by atomic mass is 9.97. The molecule has 2 aromatic rings. The lowest BCUT2D eigenvalue weighted by molar-refractivity contribution is -0.155. The van der Waals surface area contributed by atoms with Crippen LogP contribution in [0.2, 0.25) is 0 Å². The first-order chi connectivity index (χ1) is 9.99. The second kappa shape index (κ2) is 5.23. The first kappa shape index (κ1) is 14.2. The lowest BCUT2D eigenvalue weighted by Crippen LogP contribution is -2.42. The van der Waals surface area contributed by atoms with Crippen LogP contribution in [0.25, 0.3) is 10.2 Å². The Bertz CT molecular complexity index is 696. The van der Waals surface area contributed by atoms with E-state index in [1.807, 2.05) is 0 Å². The quantitative estimate of drug-likeness (QED) is 0.797. The van der Waals surface area contributed by atoms with Gasteiger partial charge in [0.05, 0.1) is 11.9 Å². The minimum atomic E-state index is -1.83. The van der Waals surface area contributed by atoms with Gasteiger partial charge in [0.2, 0.25) is 0 Å². The number of aliphatic carboxylic acids is 1. The molecule has 1 aliphatic rings. The highest BCUT2D eigenvalue weighted by molar-refractivity contribution is 7.19. The molecule has 2 heterocycles. The van der Waals surface area contributed by atoms with E-state index in [1.165, 1.54) is 30.1 Å². The summed E-state index contributed by atoms with van der Waals surface area (Å²) < 4.78 is 0.